The van der Waals surface area contributed by atoms with Crippen LogP contribution in [0.2, 0.25) is 5.02 Å². The summed E-state index contributed by atoms with van der Waals surface area (Å²) in [5.74, 6) is 1.81. The van der Waals surface area contributed by atoms with E-state index in [2.05, 4.69) is 17.4 Å². The van der Waals surface area contributed by atoms with E-state index in [1.165, 1.54) is 44.2 Å². The van der Waals surface area contributed by atoms with Crippen LogP contribution in [0.1, 0.15) is 43.6 Å². The van der Waals surface area contributed by atoms with Crippen LogP contribution < -0.4 is 5.32 Å². The maximum atomic E-state index is 5.90. The maximum Gasteiger partial charge on any atom is 0.0406 e. The Balaban J connectivity index is 1.39. The molecular weight excluding hydrogens is 230 g/mol. The van der Waals surface area contributed by atoms with E-state index < -0.39 is 0 Å². The van der Waals surface area contributed by atoms with Crippen LogP contribution in [0.15, 0.2) is 24.3 Å². The topological polar surface area (TPSA) is 12.0 Å². The lowest BCUT2D eigenvalue weighted by Crippen LogP contribution is -2.40. The molecule has 1 aromatic carbocycles. The minimum atomic E-state index is 0.755. The fourth-order valence-electron chi connectivity index (χ4n) is 2.69. The number of hydrogen-bond donors (Lipinski definition) is 1. The summed E-state index contributed by atoms with van der Waals surface area (Å²) in [6, 6.07) is 9.12. The van der Waals surface area contributed by atoms with E-state index in [0.29, 0.717) is 0 Å². The summed E-state index contributed by atoms with van der Waals surface area (Å²) in [6.07, 6.45) is 6.93. The van der Waals surface area contributed by atoms with Crippen molar-refractivity contribution in [1.29, 1.82) is 0 Å². The van der Waals surface area contributed by atoms with Crippen molar-refractivity contribution in [2.24, 2.45) is 5.92 Å². The zero-order chi connectivity index (χ0) is 11.7. The van der Waals surface area contributed by atoms with Crippen molar-refractivity contribution >= 4 is 11.6 Å². The molecule has 0 saturated heterocycles. The highest BCUT2D eigenvalue weighted by atomic mass is 35.5. The lowest BCUT2D eigenvalue weighted by molar-refractivity contribution is 0.289. The average molecular weight is 250 g/mol. The largest absolute Gasteiger partial charge is 0.314 e. The number of rotatable bonds is 5. The molecule has 0 aromatic heterocycles. The number of benzene rings is 1. The zero-order valence-corrected chi connectivity index (χ0v) is 10.9. The first-order chi connectivity index (χ1) is 8.31. The fraction of sp³-hybridized carbons (Fsp3) is 0.600. The van der Waals surface area contributed by atoms with Gasteiger partial charge in [-0.2, -0.15) is 0 Å². The molecule has 1 aromatic rings. The quantitative estimate of drug-likeness (QED) is 0.833. The molecule has 0 unspecified atom stereocenters. The second kappa shape index (κ2) is 4.99. The van der Waals surface area contributed by atoms with Gasteiger partial charge in [0.2, 0.25) is 0 Å². The molecule has 92 valence electrons. The highest BCUT2D eigenvalue weighted by Gasteiger charge is 2.30. The van der Waals surface area contributed by atoms with Crippen LogP contribution in [0.4, 0.5) is 0 Å². The highest BCUT2D eigenvalue weighted by Crippen LogP contribution is 2.37. The van der Waals surface area contributed by atoms with Gasteiger partial charge in [0.25, 0.3) is 0 Å². The van der Waals surface area contributed by atoms with Crippen molar-refractivity contribution in [2.45, 2.75) is 44.1 Å². The first-order valence-electron chi connectivity index (χ1n) is 6.80. The van der Waals surface area contributed by atoms with Crippen molar-refractivity contribution in [2.75, 3.05) is 6.54 Å². The minimum absolute atomic E-state index is 0.755. The predicted molar refractivity (Wildman–Crippen MR) is 72.6 cm³/mol. The fourth-order valence-corrected chi connectivity index (χ4v) is 2.82. The van der Waals surface area contributed by atoms with Crippen molar-refractivity contribution in [3.63, 3.8) is 0 Å². The molecule has 0 bridgehead atoms. The second-order valence-electron chi connectivity index (χ2n) is 5.60. The van der Waals surface area contributed by atoms with E-state index in [9.17, 15) is 0 Å². The molecule has 2 aliphatic rings. The lowest BCUT2D eigenvalue weighted by Gasteiger charge is -2.36. The second-order valence-corrected chi connectivity index (χ2v) is 6.04. The van der Waals surface area contributed by atoms with Gasteiger partial charge in [-0.15, -0.1) is 0 Å². The van der Waals surface area contributed by atoms with Gasteiger partial charge < -0.3 is 5.32 Å². The zero-order valence-electron chi connectivity index (χ0n) is 10.2. The summed E-state index contributed by atoms with van der Waals surface area (Å²) in [7, 11) is 0. The standard InChI is InChI=1S/C15H20ClN/c16-14-5-3-12(4-6-14)13-9-15(10-13)17-8-7-11-1-2-11/h3-6,11,13,15,17H,1-2,7-10H2. The van der Waals surface area contributed by atoms with Crippen molar-refractivity contribution < 1.29 is 0 Å². The molecule has 0 heterocycles. The third kappa shape index (κ3) is 3.02. The molecule has 1 N–H and O–H groups in total. The third-order valence-electron chi connectivity index (χ3n) is 4.16. The van der Waals surface area contributed by atoms with Crippen LogP contribution in [-0.4, -0.2) is 12.6 Å². The number of halogens is 1. The van der Waals surface area contributed by atoms with E-state index in [0.717, 1.165) is 22.9 Å². The van der Waals surface area contributed by atoms with Crippen LogP contribution >= 0.6 is 11.6 Å². The van der Waals surface area contributed by atoms with E-state index in [4.69, 9.17) is 11.6 Å². The van der Waals surface area contributed by atoms with Gasteiger partial charge in [0, 0.05) is 11.1 Å². The van der Waals surface area contributed by atoms with Gasteiger partial charge in [-0.1, -0.05) is 36.6 Å². The Morgan fingerprint density at radius 2 is 1.82 bits per heavy atom. The van der Waals surface area contributed by atoms with Gasteiger partial charge in [0.05, 0.1) is 0 Å². The molecule has 0 spiro atoms. The monoisotopic (exact) mass is 249 g/mol. The van der Waals surface area contributed by atoms with Gasteiger partial charge in [-0.05, 0) is 55.3 Å². The van der Waals surface area contributed by atoms with Gasteiger partial charge in [0.1, 0.15) is 0 Å². The Labute approximate surface area is 109 Å². The molecule has 2 fully saturated rings. The molecule has 3 rings (SSSR count). The maximum absolute atomic E-state index is 5.90. The Morgan fingerprint density at radius 1 is 1.12 bits per heavy atom. The van der Waals surface area contributed by atoms with Crippen LogP contribution in [0.3, 0.4) is 0 Å². The number of nitrogens with one attached hydrogen (secondary N) is 1. The molecule has 0 atom stereocenters. The highest BCUT2D eigenvalue weighted by molar-refractivity contribution is 6.30. The molecule has 0 aliphatic heterocycles. The summed E-state index contributed by atoms with van der Waals surface area (Å²) in [5, 5.41) is 4.52. The molecule has 2 aliphatic carbocycles. The first-order valence-corrected chi connectivity index (χ1v) is 7.18. The van der Waals surface area contributed by atoms with Crippen molar-refractivity contribution in [3.05, 3.63) is 34.9 Å². The van der Waals surface area contributed by atoms with Crippen molar-refractivity contribution in [3.8, 4) is 0 Å². The SMILES string of the molecule is Clc1ccc(C2CC(NCCC3CC3)C2)cc1. The van der Waals surface area contributed by atoms with Gasteiger partial charge in [-0.25, -0.2) is 0 Å². The summed E-state index contributed by atoms with van der Waals surface area (Å²) in [4.78, 5) is 0. The number of hydrogen-bond acceptors (Lipinski definition) is 1. The van der Waals surface area contributed by atoms with E-state index in [1.54, 1.807) is 0 Å². The molecule has 1 nitrogen and oxygen atoms in total. The smallest absolute Gasteiger partial charge is 0.0406 e. The van der Waals surface area contributed by atoms with Gasteiger partial charge in [-0.3, -0.25) is 0 Å². The van der Waals surface area contributed by atoms with Gasteiger partial charge in [0.15, 0.2) is 0 Å². The molecule has 17 heavy (non-hydrogen) atoms. The molecule has 0 amide bonds. The van der Waals surface area contributed by atoms with Gasteiger partial charge >= 0.3 is 0 Å². The molecule has 2 heteroatoms. The summed E-state index contributed by atoms with van der Waals surface area (Å²) in [5.41, 5.74) is 1.45. The molecular formula is C15H20ClN. The Kier molecular flexibility index (Phi) is 3.39. The van der Waals surface area contributed by atoms with E-state index in [1.807, 2.05) is 12.1 Å². The Morgan fingerprint density at radius 3 is 2.47 bits per heavy atom. The van der Waals surface area contributed by atoms with Crippen molar-refractivity contribution in [1.82, 2.24) is 5.32 Å². The van der Waals surface area contributed by atoms with Crippen LogP contribution in [-0.2, 0) is 0 Å². The van der Waals surface area contributed by atoms with Crippen LogP contribution in [0, 0.1) is 5.92 Å². The van der Waals surface area contributed by atoms with Crippen LogP contribution in [0.25, 0.3) is 0 Å². The minimum Gasteiger partial charge on any atom is -0.314 e. The van der Waals surface area contributed by atoms with Crippen LogP contribution in [0.5, 0.6) is 0 Å². The first kappa shape index (κ1) is 11.6. The van der Waals surface area contributed by atoms with E-state index in [-0.39, 0.29) is 0 Å². The predicted octanol–water partition coefficient (Wildman–Crippen LogP) is 3.98. The third-order valence-corrected chi connectivity index (χ3v) is 4.41. The summed E-state index contributed by atoms with van der Waals surface area (Å²) >= 11 is 5.90. The Hall–Kier alpha value is -0.530. The summed E-state index contributed by atoms with van der Waals surface area (Å²) in [6.45, 7) is 1.22. The molecule has 2 saturated carbocycles. The lowest BCUT2D eigenvalue weighted by atomic mass is 9.76. The molecule has 0 radical (unpaired) electrons. The summed E-state index contributed by atoms with van der Waals surface area (Å²) < 4.78 is 0. The average Bonchev–Trinajstić information content (AvgIpc) is 3.07. The normalized spacial score (nSPS) is 27.8. The Bertz CT molecular complexity index is 363. The van der Waals surface area contributed by atoms with E-state index >= 15 is 0 Å².